The molecule has 3 aromatic rings. The molecule has 0 aliphatic carbocycles. The van der Waals surface area contributed by atoms with Crippen molar-refractivity contribution >= 4 is 29.1 Å². The van der Waals surface area contributed by atoms with Gasteiger partial charge in [0.05, 0.1) is 11.9 Å². The fourth-order valence-corrected chi connectivity index (χ4v) is 2.44. The quantitative estimate of drug-likeness (QED) is 0.667. The maximum Gasteiger partial charge on any atom is 0.573 e. The highest BCUT2D eigenvalue weighted by atomic mass is 35.5. The van der Waals surface area contributed by atoms with E-state index in [0.29, 0.717) is 5.69 Å². The number of nitrogens with two attached hydrogens (primary N) is 1. The van der Waals surface area contributed by atoms with Crippen LogP contribution in [0.3, 0.4) is 0 Å². The number of ether oxygens (including phenoxy) is 1. The number of aromatic nitrogens is 3. The van der Waals surface area contributed by atoms with E-state index < -0.39 is 18.0 Å². The van der Waals surface area contributed by atoms with Gasteiger partial charge in [-0.15, -0.1) is 13.2 Å². The Hall–Kier alpha value is -3.34. The van der Waals surface area contributed by atoms with Gasteiger partial charge >= 0.3 is 6.36 Å². The molecule has 3 N–H and O–H groups in total. The van der Waals surface area contributed by atoms with Crippen molar-refractivity contribution in [1.29, 1.82) is 0 Å². The van der Waals surface area contributed by atoms with Crippen molar-refractivity contribution < 1.29 is 27.2 Å². The summed E-state index contributed by atoms with van der Waals surface area (Å²) < 4.78 is 46.6. The van der Waals surface area contributed by atoms with Gasteiger partial charge in [0, 0.05) is 10.6 Å². The molecule has 12 heteroatoms. The van der Waals surface area contributed by atoms with E-state index in [0.717, 1.165) is 18.5 Å². The molecule has 0 unspecified atom stereocenters. The van der Waals surface area contributed by atoms with Gasteiger partial charge in [0.15, 0.2) is 11.6 Å². The highest BCUT2D eigenvalue weighted by molar-refractivity contribution is 6.31. The van der Waals surface area contributed by atoms with Gasteiger partial charge < -0.3 is 20.3 Å². The number of nitrogens with zero attached hydrogens (tertiary/aromatic N) is 3. The Morgan fingerprint density at radius 3 is 2.71 bits per heavy atom. The average molecular weight is 414 g/mol. The molecular weight excluding hydrogens is 403 g/mol. The first-order valence-corrected chi connectivity index (χ1v) is 7.92. The molecule has 2 heterocycles. The van der Waals surface area contributed by atoms with Gasteiger partial charge in [-0.05, 0) is 25.1 Å². The number of halogens is 4. The fourth-order valence-electron chi connectivity index (χ4n) is 2.27. The summed E-state index contributed by atoms with van der Waals surface area (Å²) in [4.78, 5) is 20.1. The molecule has 2 aromatic heterocycles. The average Bonchev–Trinajstić information content (AvgIpc) is 3.02. The zero-order valence-electron chi connectivity index (χ0n) is 14.0. The van der Waals surface area contributed by atoms with E-state index in [4.69, 9.17) is 17.3 Å². The van der Waals surface area contributed by atoms with Crippen molar-refractivity contribution in [2.45, 2.75) is 13.3 Å². The van der Waals surface area contributed by atoms with Crippen LogP contribution >= 0.6 is 11.6 Å². The molecule has 0 fully saturated rings. The third-order valence-electron chi connectivity index (χ3n) is 3.46. The van der Waals surface area contributed by atoms with Gasteiger partial charge in [-0.3, -0.25) is 4.79 Å². The lowest BCUT2D eigenvalue weighted by atomic mass is 10.1. The van der Waals surface area contributed by atoms with Gasteiger partial charge in [0.25, 0.3) is 5.91 Å². The first kappa shape index (κ1) is 19.4. The number of amides is 1. The number of alkyl halides is 3. The number of carbonyl (C=O) groups excluding carboxylic acids is 1. The van der Waals surface area contributed by atoms with Crippen molar-refractivity contribution in [3.8, 4) is 17.0 Å². The number of nitrogen functional groups attached to an aromatic ring is 1. The Kier molecular flexibility index (Phi) is 5.10. The summed E-state index contributed by atoms with van der Waals surface area (Å²) in [5.74, 6) is -1.37. The summed E-state index contributed by atoms with van der Waals surface area (Å²) in [5.41, 5.74) is 6.16. The number of benzene rings is 1. The van der Waals surface area contributed by atoms with Crippen LogP contribution in [0.4, 0.5) is 24.8 Å². The summed E-state index contributed by atoms with van der Waals surface area (Å²) in [6.45, 7) is 1.57. The van der Waals surface area contributed by atoms with E-state index in [9.17, 15) is 18.0 Å². The second-order valence-corrected chi connectivity index (χ2v) is 5.88. The van der Waals surface area contributed by atoms with Crippen LogP contribution in [0, 0.1) is 6.92 Å². The Morgan fingerprint density at radius 2 is 2.11 bits per heavy atom. The van der Waals surface area contributed by atoms with E-state index in [-0.39, 0.29) is 33.5 Å². The molecule has 1 aromatic carbocycles. The Bertz CT molecular complexity index is 1040. The molecule has 0 radical (unpaired) electrons. The highest BCUT2D eigenvalue weighted by Crippen LogP contribution is 2.37. The summed E-state index contributed by atoms with van der Waals surface area (Å²) in [6.07, 6.45) is -2.64. The predicted molar refractivity (Wildman–Crippen MR) is 92.8 cm³/mol. The molecule has 0 aliphatic heterocycles. The SMILES string of the molecule is Cc1nocc1C(=O)Nc1cnc(-c2cc(Cl)ccc2OC(F)(F)F)c(N)n1. The smallest absolute Gasteiger partial charge is 0.405 e. The van der Waals surface area contributed by atoms with Crippen molar-refractivity contribution in [1.82, 2.24) is 15.1 Å². The number of nitrogens with one attached hydrogen (secondary N) is 1. The van der Waals surface area contributed by atoms with Crippen molar-refractivity contribution in [2.24, 2.45) is 0 Å². The molecule has 0 atom stereocenters. The predicted octanol–water partition coefficient (Wildman–Crippen LogP) is 3.83. The Labute approximate surface area is 160 Å². The molecule has 28 heavy (non-hydrogen) atoms. The first-order valence-electron chi connectivity index (χ1n) is 7.54. The number of anilines is 2. The van der Waals surface area contributed by atoms with Crippen molar-refractivity contribution in [2.75, 3.05) is 11.1 Å². The van der Waals surface area contributed by atoms with Crippen LogP contribution in [0.15, 0.2) is 35.2 Å². The van der Waals surface area contributed by atoms with E-state index in [1.807, 2.05) is 0 Å². The van der Waals surface area contributed by atoms with Crippen LogP contribution in [0.5, 0.6) is 5.75 Å². The van der Waals surface area contributed by atoms with E-state index in [2.05, 4.69) is 29.7 Å². The lowest BCUT2D eigenvalue weighted by Gasteiger charge is -2.14. The van der Waals surface area contributed by atoms with Gasteiger partial charge in [-0.1, -0.05) is 16.8 Å². The van der Waals surface area contributed by atoms with Gasteiger partial charge in [0.2, 0.25) is 0 Å². The van der Waals surface area contributed by atoms with Crippen LogP contribution < -0.4 is 15.8 Å². The monoisotopic (exact) mass is 413 g/mol. The highest BCUT2D eigenvalue weighted by Gasteiger charge is 2.32. The summed E-state index contributed by atoms with van der Waals surface area (Å²) in [5, 5.41) is 6.17. The minimum atomic E-state index is -4.92. The fraction of sp³-hybridized carbons (Fsp3) is 0.125. The summed E-state index contributed by atoms with van der Waals surface area (Å²) in [7, 11) is 0. The van der Waals surface area contributed by atoms with Crippen LogP contribution in [-0.2, 0) is 0 Å². The molecule has 0 spiro atoms. The zero-order chi connectivity index (χ0) is 20.5. The Balaban J connectivity index is 1.92. The zero-order valence-corrected chi connectivity index (χ0v) is 14.8. The van der Waals surface area contributed by atoms with Gasteiger partial charge in [-0.25, -0.2) is 9.97 Å². The molecule has 146 valence electrons. The van der Waals surface area contributed by atoms with Gasteiger partial charge in [-0.2, -0.15) is 0 Å². The molecule has 1 amide bonds. The summed E-state index contributed by atoms with van der Waals surface area (Å²) in [6, 6.07) is 3.48. The maximum absolute atomic E-state index is 12.6. The normalized spacial score (nSPS) is 11.3. The van der Waals surface area contributed by atoms with E-state index in [1.54, 1.807) is 6.92 Å². The number of aryl methyl sites for hydroxylation is 1. The molecule has 0 saturated carbocycles. The molecule has 3 rings (SSSR count). The second-order valence-electron chi connectivity index (χ2n) is 5.45. The molecule has 0 bridgehead atoms. The number of hydrogen-bond donors (Lipinski definition) is 2. The topological polar surface area (TPSA) is 116 Å². The van der Waals surface area contributed by atoms with Gasteiger partial charge in [0.1, 0.15) is 23.3 Å². The number of carbonyl (C=O) groups is 1. The van der Waals surface area contributed by atoms with E-state index in [1.165, 1.54) is 12.1 Å². The molecule has 0 aliphatic rings. The Morgan fingerprint density at radius 1 is 1.36 bits per heavy atom. The van der Waals surface area contributed by atoms with Crippen LogP contribution in [0.2, 0.25) is 5.02 Å². The second kappa shape index (κ2) is 7.35. The number of rotatable bonds is 4. The molecular formula is C16H11ClF3N5O3. The van der Waals surface area contributed by atoms with Crippen LogP contribution in [-0.4, -0.2) is 27.4 Å². The summed E-state index contributed by atoms with van der Waals surface area (Å²) >= 11 is 5.86. The third kappa shape index (κ3) is 4.31. The van der Waals surface area contributed by atoms with E-state index >= 15 is 0 Å². The number of hydrogen-bond acceptors (Lipinski definition) is 7. The van der Waals surface area contributed by atoms with Crippen LogP contribution in [0.1, 0.15) is 16.1 Å². The maximum atomic E-state index is 12.6. The van der Waals surface area contributed by atoms with Crippen molar-refractivity contribution in [3.05, 3.63) is 46.9 Å². The first-order chi connectivity index (χ1) is 13.1. The largest absolute Gasteiger partial charge is 0.573 e. The van der Waals surface area contributed by atoms with Crippen LogP contribution in [0.25, 0.3) is 11.3 Å². The van der Waals surface area contributed by atoms with Crippen molar-refractivity contribution in [3.63, 3.8) is 0 Å². The minimum absolute atomic E-state index is 0.0211. The lowest BCUT2D eigenvalue weighted by Crippen LogP contribution is -2.18. The molecule has 8 nitrogen and oxygen atoms in total. The molecule has 0 saturated heterocycles. The third-order valence-corrected chi connectivity index (χ3v) is 3.69. The standard InChI is InChI=1S/C16H11ClF3N5O3/c1-7-10(6-27-25-7)15(26)24-12-5-22-13(14(21)23-12)9-4-8(17)2-3-11(9)28-16(18,19)20/h2-6H,1H3,(H3,21,23,24,26). The lowest BCUT2D eigenvalue weighted by molar-refractivity contribution is -0.274. The minimum Gasteiger partial charge on any atom is -0.405 e.